The fraction of sp³-hybridized carbons (Fsp3) is 0.0400. The van der Waals surface area contributed by atoms with Gasteiger partial charge in [-0.1, -0.05) is 24.8 Å². The number of imidazole rings is 1. The molecule has 0 saturated heterocycles. The molecule has 0 aliphatic carbocycles. The number of rotatable bonds is 5. The van der Waals surface area contributed by atoms with Crippen LogP contribution in [0.25, 0.3) is 50.3 Å². The van der Waals surface area contributed by atoms with Gasteiger partial charge in [0.25, 0.3) is 0 Å². The molecule has 3 heterocycles. The van der Waals surface area contributed by atoms with E-state index >= 15 is 0 Å². The average Bonchev–Trinajstić information content (AvgIpc) is 3.43. The Balaban J connectivity index is 1.69. The van der Waals surface area contributed by atoms with Crippen LogP contribution in [0, 0.1) is 11.6 Å². The standard InChI is InChI=1S/C25H18F2N6/c1-3-14(13-28-4-2)16-11-18-22(19(27)12-16)32-33-23(18)25-30-20-8-9-29-21(24(20)31-25)15-6-5-7-17(26)10-15/h3-13H,1H2,2H3,(H,30,31)(H,32,33)/b14-13+,28-4?. The number of fused-ring (bicyclic) bond motifs is 2. The van der Waals surface area contributed by atoms with Crippen LogP contribution in [0.5, 0.6) is 0 Å². The number of aromatic nitrogens is 5. The number of allylic oxidation sites excluding steroid dienone is 2. The van der Waals surface area contributed by atoms with Gasteiger partial charge in [-0.2, -0.15) is 5.10 Å². The molecule has 33 heavy (non-hydrogen) atoms. The molecular weight excluding hydrogens is 422 g/mol. The van der Waals surface area contributed by atoms with Gasteiger partial charge in [-0.3, -0.25) is 15.1 Å². The minimum absolute atomic E-state index is 0.195. The highest BCUT2D eigenvalue weighted by atomic mass is 19.1. The van der Waals surface area contributed by atoms with Crippen molar-refractivity contribution in [2.75, 3.05) is 0 Å². The third-order valence-electron chi connectivity index (χ3n) is 5.26. The second-order valence-corrected chi connectivity index (χ2v) is 7.30. The van der Waals surface area contributed by atoms with E-state index in [1.54, 1.807) is 49.8 Å². The Kier molecular flexibility index (Phi) is 5.10. The lowest BCUT2D eigenvalue weighted by Crippen LogP contribution is -1.87. The first-order chi connectivity index (χ1) is 16.1. The van der Waals surface area contributed by atoms with E-state index in [9.17, 15) is 8.78 Å². The summed E-state index contributed by atoms with van der Waals surface area (Å²) >= 11 is 0. The van der Waals surface area contributed by atoms with Gasteiger partial charge >= 0.3 is 0 Å². The van der Waals surface area contributed by atoms with Gasteiger partial charge < -0.3 is 4.98 Å². The van der Waals surface area contributed by atoms with E-state index < -0.39 is 5.82 Å². The number of hydrogen-bond donors (Lipinski definition) is 2. The SMILES string of the molecule is C=C/C(=C\N=CC)c1cc(F)c2n[nH]c(-c3nc4c(-c5cccc(F)c5)nccc4[nH]3)c2c1. The lowest BCUT2D eigenvalue weighted by atomic mass is 10.0. The summed E-state index contributed by atoms with van der Waals surface area (Å²) in [5.41, 5.74) is 4.43. The predicted molar refractivity (Wildman–Crippen MR) is 127 cm³/mol. The Hall–Kier alpha value is -4.46. The number of nitrogens with zero attached hydrogens (tertiary/aromatic N) is 4. The molecule has 0 amide bonds. The van der Waals surface area contributed by atoms with Crippen LogP contribution in [-0.4, -0.2) is 31.4 Å². The van der Waals surface area contributed by atoms with E-state index in [2.05, 4.69) is 31.7 Å². The molecular formula is C25H18F2N6. The second kappa shape index (κ2) is 8.23. The molecule has 2 N–H and O–H groups in total. The number of aliphatic imine (C=N–C) groups is 1. The maximum absolute atomic E-state index is 14.9. The summed E-state index contributed by atoms with van der Waals surface area (Å²) in [6.07, 6.45) is 6.50. The van der Waals surface area contributed by atoms with Crippen LogP contribution in [-0.2, 0) is 0 Å². The molecule has 0 radical (unpaired) electrons. The number of pyridine rings is 1. The molecule has 2 aromatic carbocycles. The van der Waals surface area contributed by atoms with Crippen molar-refractivity contribution in [3.8, 4) is 22.8 Å². The normalized spacial score (nSPS) is 12.3. The predicted octanol–water partition coefficient (Wildman–Crippen LogP) is 6.06. The van der Waals surface area contributed by atoms with Crippen molar-refractivity contribution >= 4 is 33.7 Å². The molecule has 0 aliphatic rings. The number of nitrogens with one attached hydrogen (secondary N) is 2. The highest BCUT2D eigenvalue weighted by molar-refractivity contribution is 5.97. The molecule has 0 atom stereocenters. The Morgan fingerprint density at radius 2 is 2.00 bits per heavy atom. The van der Waals surface area contributed by atoms with Crippen LogP contribution < -0.4 is 0 Å². The van der Waals surface area contributed by atoms with Crippen LogP contribution in [0.15, 0.2) is 72.5 Å². The van der Waals surface area contributed by atoms with Crippen molar-refractivity contribution in [1.29, 1.82) is 0 Å². The Morgan fingerprint density at radius 3 is 2.79 bits per heavy atom. The summed E-state index contributed by atoms with van der Waals surface area (Å²) in [6.45, 7) is 5.60. The van der Waals surface area contributed by atoms with Crippen LogP contribution >= 0.6 is 0 Å². The lowest BCUT2D eigenvalue weighted by molar-refractivity contribution is 0.628. The first-order valence-electron chi connectivity index (χ1n) is 10.2. The Morgan fingerprint density at radius 1 is 1.12 bits per heavy atom. The fourth-order valence-corrected chi connectivity index (χ4v) is 3.72. The summed E-state index contributed by atoms with van der Waals surface area (Å²) in [7, 11) is 0. The van der Waals surface area contributed by atoms with E-state index in [1.165, 1.54) is 18.2 Å². The van der Waals surface area contributed by atoms with Crippen molar-refractivity contribution in [2.24, 2.45) is 4.99 Å². The van der Waals surface area contributed by atoms with E-state index in [-0.39, 0.29) is 11.3 Å². The molecule has 0 aliphatic heterocycles. The number of hydrogen-bond acceptors (Lipinski definition) is 4. The van der Waals surface area contributed by atoms with Crippen LogP contribution in [0.4, 0.5) is 8.78 Å². The molecule has 0 spiro atoms. The molecule has 0 fully saturated rings. The molecule has 8 heteroatoms. The maximum atomic E-state index is 14.9. The van der Waals surface area contributed by atoms with E-state index in [0.717, 1.165) is 0 Å². The smallest absolute Gasteiger partial charge is 0.157 e. The summed E-state index contributed by atoms with van der Waals surface area (Å²) < 4.78 is 28.6. The minimum atomic E-state index is -0.476. The molecule has 0 bridgehead atoms. The highest BCUT2D eigenvalue weighted by Gasteiger charge is 2.18. The molecule has 3 aromatic heterocycles. The number of benzene rings is 2. The molecule has 162 valence electrons. The van der Waals surface area contributed by atoms with Crippen molar-refractivity contribution in [3.05, 3.63) is 84.7 Å². The van der Waals surface area contributed by atoms with Gasteiger partial charge in [-0.25, -0.2) is 13.8 Å². The zero-order valence-corrected chi connectivity index (χ0v) is 17.6. The third kappa shape index (κ3) is 3.61. The van der Waals surface area contributed by atoms with E-state index in [4.69, 9.17) is 4.98 Å². The van der Waals surface area contributed by atoms with Crippen molar-refractivity contribution in [2.45, 2.75) is 6.92 Å². The van der Waals surface area contributed by atoms with Gasteiger partial charge in [-0.05, 0) is 48.4 Å². The first-order valence-corrected chi connectivity index (χ1v) is 10.2. The first kappa shape index (κ1) is 20.4. The lowest BCUT2D eigenvalue weighted by Gasteiger charge is -2.03. The maximum Gasteiger partial charge on any atom is 0.157 e. The number of H-pyrrole nitrogens is 2. The molecule has 5 aromatic rings. The largest absolute Gasteiger partial charge is 0.337 e. The molecule has 5 rings (SSSR count). The van der Waals surface area contributed by atoms with Gasteiger partial charge in [0.2, 0.25) is 0 Å². The van der Waals surface area contributed by atoms with Gasteiger partial charge in [0.05, 0.1) is 11.2 Å². The topological polar surface area (TPSA) is 82.6 Å². The zero-order valence-electron chi connectivity index (χ0n) is 17.6. The van der Waals surface area contributed by atoms with Gasteiger partial charge in [0, 0.05) is 29.6 Å². The fourth-order valence-electron chi connectivity index (χ4n) is 3.72. The van der Waals surface area contributed by atoms with E-state index in [1.807, 2.05) is 6.07 Å². The van der Waals surface area contributed by atoms with Crippen molar-refractivity contribution < 1.29 is 8.78 Å². The van der Waals surface area contributed by atoms with Crippen LogP contribution in [0.1, 0.15) is 12.5 Å². The van der Waals surface area contributed by atoms with Gasteiger partial charge in [0.1, 0.15) is 22.5 Å². The summed E-state index contributed by atoms with van der Waals surface area (Å²) in [5, 5.41) is 7.59. The summed E-state index contributed by atoms with van der Waals surface area (Å²) in [4.78, 5) is 16.4. The Bertz CT molecular complexity index is 1570. The van der Waals surface area contributed by atoms with Gasteiger partial charge in [0.15, 0.2) is 11.6 Å². The quantitative estimate of drug-likeness (QED) is 0.257. The highest BCUT2D eigenvalue weighted by Crippen LogP contribution is 2.33. The second-order valence-electron chi connectivity index (χ2n) is 7.30. The van der Waals surface area contributed by atoms with Crippen molar-refractivity contribution in [1.82, 2.24) is 25.1 Å². The van der Waals surface area contributed by atoms with Gasteiger partial charge in [-0.15, -0.1) is 0 Å². The molecule has 6 nitrogen and oxygen atoms in total. The summed E-state index contributed by atoms with van der Waals surface area (Å²) in [5.74, 6) is -0.370. The zero-order chi connectivity index (χ0) is 22.9. The number of aromatic amines is 2. The third-order valence-corrected chi connectivity index (χ3v) is 5.26. The Labute approximate surface area is 187 Å². The van der Waals surface area contributed by atoms with Crippen LogP contribution in [0.2, 0.25) is 0 Å². The molecule has 0 unspecified atom stereocenters. The minimum Gasteiger partial charge on any atom is -0.337 e. The van der Waals surface area contributed by atoms with E-state index in [0.29, 0.717) is 50.3 Å². The average molecular weight is 440 g/mol. The number of halogens is 2. The monoisotopic (exact) mass is 440 g/mol. The molecule has 0 saturated carbocycles. The van der Waals surface area contributed by atoms with Crippen molar-refractivity contribution in [3.63, 3.8) is 0 Å². The summed E-state index contributed by atoms with van der Waals surface area (Å²) in [6, 6.07) is 11.2. The van der Waals surface area contributed by atoms with Crippen LogP contribution in [0.3, 0.4) is 0 Å².